The lowest BCUT2D eigenvalue weighted by atomic mass is 9.81. The van der Waals surface area contributed by atoms with E-state index in [9.17, 15) is 10.2 Å². The maximum absolute atomic E-state index is 10.4. The van der Waals surface area contributed by atoms with Gasteiger partial charge < -0.3 is 10.2 Å². The first-order valence-electron chi connectivity index (χ1n) is 7.68. The molecule has 0 spiro atoms. The minimum absolute atomic E-state index is 0.0871. The number of thiol groups is 1. The van der Waals surface area contributed by atoms with Crippen LogP contribution in [0.3, 0.4) is 0 Å². The number of aliphatic hydroxyl groups excluding tert-OH is 2. The third-order valence-corrected chi connectivity index (χ3v) is 5.00. The van der Waals surface area contributed by atoms with Gasteiger partial charge in [0.2, 0.25) is 0 Å². The van der Waals surface area contributed by atoms with Crippen LogP contribution in [0.1, 0.15) is 43.1 Å². The molecule has 0 saturated carbocycles. The summed E-state index contributed by atoms with van der Waals surface area (Å²) in [5, 5.41) is 20.4. The molecule has 0 amide bonds. The molecule has 3 heteroatoms. The smallest absolute Gasteiger partial charge is 0.105 e. The van der Waals surface area contributed by atoms with E-state index in [1.807, 2.05) is 12.1 Å². The Balaban J connectivity index is 2.04. The summed E-state index contributed by atoms with van der Waals surface area (Å²) in [6, 6.07) is 14.5. The molecule has 2 unspecified atom stereocenters. The monoisotopic (exact) mass is 314 g/mol. The van der Waals surface area contributed by atoms with Crippen molar-refractivity contribution in [1.82, 2.24) is 0 Å². The second kappa shape index (κ2) is 5.73. The van der Waals surface area contributed by atoms with Gasteiger partial charge in [0.05, 0.1) is 6.10 Å². The molecule has 2 aromatic rings. The molecule has 2 N–H and O–H groups in total. The third-order valence-electron chi connectivity index (χ3n) is 4.74. The molecule has 0 heterocycles. The minimum Gasteiger partial charge on any atom is -0.390 e. The molecule has 2 aromatic carbocycles. The minimum atomic E-state index is -0.864. The quantitative estimate of drug-likeness (QED) is 0.753. The van der Waals surface area contributed by atoms with E-state index in [1.165, 1.54) is 22.3 Å². The maximum atomic E-state index is 10.4. The van der Waals surface area contributed by atoms with Crippen molar-refractivity contribution in [3.8, 4) is 11.1 Å². The first-order valence-corrected chi connectivity index (χ1v) is 8.31. The molecule has 2 atom stereocenters. The van der Waals surface area contributed by atoms with E-state index in [4.69, 9.17) is 0 Å². The van der Waals surface area contributed by atoms with E-state index in [1.54, 1.807) is 0 Å². The molecule has 0 bridgehead atoms. The van der Waals surface area contributed by atoms with E-state index in [-0.39, 0.29) is 5.41 Å². The number of hydrogen-bond donors (Lipinski definition) is 3. The molecule has 1 aliphatic rings. The summed E-state index contributed by atoms with van der Waals surface area (Å²) < 4.78 is 0. The lowest BCUT2D eigenvalue weighted by Gasteiger charge is -2.23. The van der Waals surface area contributed by atoms with Crippen LogP contribution in [0.15, 0.2) is 42.5 Å². The standard InChI is InChI=1S/C19H22O2S/c1-19(2)15-6-4-3-5-13(15)14-8-7-12(11-16(14)19)18(21)17(20)9-10-22/h3-8,11,17-18,20-22H,9-10H2,1-2H3. The summed E-state index contributed by atoms with van der Waals surface area (Å²) in [7, 11) is 0. The van der Waals surface area contributed by atoms with Gasteiger partial charge >= 0.3 is 0 Å². The summed E-state index contributed by atoms with van der Waals surface area (Å²) in [6.45, 7) is 4.41. The number of fused-ring (bicyclic) bond motifs is 3. The second-order valence-electron chi connectivity index (χ2n) is 6.50. The highest BCUT2D eigenvalue weighted by Crippen LogP contribution is 2.49. The molecule has 116 valence electrons. The number of benzene rings is 2. The van der Waals surface area contributed by atoms with Crippen molar-refractivity contribution in [2.75, 3.05) is 5.75 Å². The van der Waals surface area contributed by atoms with Gasteiger partial charge in [0.25, 0.3) is 0 Å². The van der Waals surface area contributed by atoms with Crippen molar-refractivity contribution in [2.24, 2.45) is 0 Å². The molecule has 2 nitrogen and oxygen atoms in total. The van der Waals surface area contributed by atoms with Gasteiger partial charge in [0.15, 0.2) is 0 Å². The summed E-state index contributed by atoms with van der Waals surface area (Å²) in [4.78, 5) is 0. The van der Waals surface area contributed by atoms with Crippen molar-refractivity contribution >= 4 is 12.6 Å². The van der Waals surface area contributed by atoms with Crippen molar-refractivity contribution in [1.29, 1.82) is 0 Å². The van der Waals surface area contributed by atoms with Crippen LogP contribution in [0.4, 0.5) is 0 Å². The predicted molar refractivity (Wildman–Crippen MR) is 93.4 cm³/mol. The SMILES string of the molecule is CC1(C)c2ccccc2-c2ccc(C(O)C(O)CCS)cc21. The fourth-order valence-corrected chi connectivity index (χ4v) is 3.68. The Labute approximate surface area is 137 Å². The fourth-order valence-electron chi connectivity index (χ4n) is 3.42. The first-order chi connectivity index (χ1) is 10.5. The highest BCUT2D eigenvalue weighted by molar-refractivity contribution is 7.80. The van der Waals surface area contributed by atoms with Crippen LogP contribution in [-0.4, -0.2) is 22.1 Å². The first kappa shape index (κ1) is 15.6. The van der Waals surface area contributed by atoms with Crippen molar-refractivity contribution in [2.45, 2.75) is 37.9 Å². The highest BCUT2D eigenvalue weighted by Gasteiger charge is 2.35. The van der Waals surface area contributed by atoms with Crippen LogP contribution in [-0.2, 0) is 5.41 Å². The average molecular weight is 314 g/mol. The topological polar surface area (TPSA) is 40.5 Å². The van der Waals surface area contributed by atoms with Gasteiger partial charge in [0, 0.05) is 5.41 Å². The Bertz CT molecular complexity index is 694. The summed E-state index contributed by atoms with van der Waals surface area (Å²) >= 11 is 4.12. The summed E-state index contributed by atoms with van der Waals surface area (Å²) in [5.41, 5.74) is 5.69. The molecule has 0 radical (unpaired) electrons. The van der Waals surface area contributed by atoms with E-state index in [0.717, 1.165) is 5.56 Å². The lowest BCUT2D eigenvalue weighted by molar-refractivity contribution is 0.0172. The Morgan fingerprint density at radius 2 is 1.68 bits per heavy atom. The number of rotatable bonds is 4. The molecule has 3 rings (SSSR count). The van der Waals surface area contributed by atoms with Crippen LogP contribution < -0.4 is 0 Å². The zero-order valence-electron chi connectivity index (χ0n) is 13.0. The summed E-state index contributed by atoms with van der Waals surface area (Å²) in [6.07, 6.45) is -1.16. The zero-order chi connectivity index (χ0) is 15.9. The highest BCUT2D eigenvalue weighted by atomic mass is 32.1. The largest absolute Gasteiger partial charge is 0.390 e. The molecule has 0 aliphatic heterocycles. The van der Waals surface area contributed by atoms with Crippen molar-refractivity contribution < 1.29 is 10.2 Å². The number of hydrogen-bond acceptors (Lipinski definition) is 3. The van der Waals surface area contributed by atoms with Crippen molar-refractivity contribution in [3.05, 3.63) is 59.2 Å². The Morgan fingerprint density at radius 3 is 2.41 bits per heavy atom. The van der Waals surface area contributed by atoms with E-state index in [0.29, 0.717) is 12.2 Å². The molecule has 22 heavy (non-hydrogen) atoms. The fraction of sp³-hybridized carbons (Fsp3) is 0.368. The summed E-state index contributed by atoms with van der Waals surface area (Å²) in [5.74, 6) is 0.556. The lowest BCUT2D eigenvalue weighted by Crippen LogP contribution is -2.20. The van der Waals surface area contributed by atoms with Gasteiger partial charge in [-0.25, -0.2) is 0 Å². The van der Waals surface area contributed by atoms with Gasteiger partial charge in [-0.1, -0.05) is 56.3 Å². The van der Waals surface area contributed by atoms with Gasteiger partial charge in [-0.3, -0.25) is 0 Å². The Kier molecular flexibility index (Phi) is 4.06. The molecule has 0 saturated heterocycles. The van der Waals surface area contributed by atoms with Gasteiger partial charge in [-0.15, -0.1) is 0 Å². The van der Waals surface area contributed by atoms with Crippen LogP contribution in [0, 0.1) is 0 Å². The van der Waals surface area contributed by atoms with E-state index in [2.05, 4.69) is 56.8 Å². The maximum Gasteiger partial charge on any atom is 0.105 e. The van der Waals surface area contributed by atoms with Crippen LogP contribution in [0.5, 0.6) is 0 Å². The molecular formula is C19H22O2S. The molecule has 0 fully saturated rings. The van der Waals surface area contributed by atoms with Gasteiger partial charge in [0.1, 0.15) is 6.10 Å². The Morgan fingerprint density at radius 1 is 1.00 bits per heavy atom. The molecule has 0 aromatic heterocycles. The zero-order valence-corrected chi connectivity index (χ0v) is 13.8. The van der Waals surface area contributed by atoms with E-state index >= 15 is 0 Å². The van der Waals surface area contributed by atoms with Crippen LogP contribution >= 0.6 is 12.6 Å². The third kappa shape index (κ3) is 2.37. The van der Waals surface area contributed by atoms with E-state index < -0.39 is 12.2 Å². The average Bonchev–Trinajstić information content (AvgIpc) is 2.75. The second-order valence-corrected chi connectivity index (χ2v) is 6.95. The van der Waals surface area contributed by atoms with Crippen molar-refractivity contribution in [3.63, 3.8) is 0 Å². The van der Waals surface area contributed by atoms with Gasteiger partial charge in [-0.05, 0) is 40.0 Å². The predicted octanol–water partition coefficient (Wildman–Crippen LogP) is 3.71. The number of aliphatic hydroxyl groups is 2. The van der Waals surface area contributed by atoms with Crippen LogP contribution in [0.25, 0.3) is 11.1 Å². The molecule has 1 aliphatic carbocycles. The molecular weight excluding hydrogens is 292 g/mol. The van der Waals surface area contributed by atoms with Gasteiger partial charge in [-0.2, -0.15) is 12.6 Å². The van der Waals surface area contributed by atoms with Crippen LogP contribution in [0.2, 0.25) is 0 Å². The Hall–Kier alpha value is -1.29. The normalized spacial score (nSPS) is 17.7.